The van der Waals surface area contributed by atoms with E-state index in [-0.39, 0.29) is 12.4 Å². The third kappa shape index (κ3) is 7.21. The van der Waals surface area contributed by atoms with E-state index in [0.29, 0.717) is 4.58 Å². The van der Waals surface area contributed by atoms with Crippen LogP contribution in [0.1, 0.15) is 64.2 Å². The summed E-state index contributed by atoms with van der Waals surface area (Å²) < 4.78 is 2.97. The normalized spacial score (nSPS) is 20.2. The first kappa shape index (κ1) is 20.5. The molecule has 0 bridgehead atoms. The number of halogens is 1. The molecule has 0 unspecified atom stereocenters. The Kier molecular flexibility index (Phi) is 10.0. The number of rotatable bonds is 8. The fourth-order valence-electron chi connectivity index (χ4n) is 3.91. The number of thioether (sulfide) groups is 2. The summed E-state index contributed by atoms with van der Waals surface area (Å²) in [5.41, 5.74) is 0. The second kappa shape index (κ2) is 11.7. The molecule has 0 saturated heterocycles. The van der Waals surface area contributed by atoms with Crippen molar-refractivity contribution in [1.82, 2.24) is 9.55 Å². The maximum Gasteiger partial charge on any atom is 0.0946 e. The summed E-state index contributed by atoms with van der Waals surface area (Å²) in [6.45, 7) is 1.12. The highest BCUT2D eigenvalue weighted by Gasteiger charge is 2.20. The molecule has 1 heterocycles. The highest BCUT2D eigenvalue weighted by atomic mass is 35.5. The van der Waals surface area contributed by atoms with Crippen molar-refractivity contribution < 1.29 is 0 Å². The van der Waals surface area contributed by atoms with Crippen LogP contribution in [0.5, 0.6) is 0 Å². The van der Waals surface area contributed by atoms with Gasteiger partial charge in [0.1, 0.15) is 0 Å². The predicted octanol–water partition coefficient (Wildman–Crippen LogP) is 6.26. The molecular formula is C19H33ClN2S2. The highest BCUT2D eigenvalue weighted by Crippen LogP contribution is 2.35. The molecule has 2 fully saturated rings. The van der Waals surface area contributed by atoms with Gasteiger partial charge in [-0.05, 0) is 49.0 Å². The van der Waals surface area contributed by atoms with Gasteiger partial charge in [-0.1, -0.05) is 38.5 Å². The number of aromatic nitrogens is 2. The van der Waals surface area contributed by atoms with E-state index in [4.69, 9.17) is 0 Å². The Morgan fingerprint density at radius 1 is 0.875 bits per heavy atom. The largest absolute Gasteiger partial charge is 0.336 e. The van der Waals surface area contributed by atoms with Crippen LogP contribution in [0.4, 0.5) is 0 Å². The molecule has 1 aromatic heterocycles. The molecule has 0 amide bonds. The van der Waals surface area contributed by atoms with Crippen LogP contribution in [0.15, 0.2) is 18.7 Å². The van der Waals surface area contributed by atoms with Gasteiger partial charge in [-0.2, -0.15) is 0 Å². The van der Waals surface area contributed by atoms with Crippen LogP contribution in [0.2, 0.25) is 0 Å². The molecular weight excluding hydrogens is 356 g/mol. The summed E-state index contributed by atoms with van der Waals surface area (Å²) in [6, 6.07) is 0. The second-order valence-corrected chi connectivity index (χ2v) is 10.1. The maximum atomic E-state index is 4.22. The van der Waals surface area contributed by atoms with Crippen molar-refractivity contribution in [2.24, 2.45) is 11.8 Å². The molecule has 0 aliphatic heterocycles. The molecule has 2 aliphatic carbocycles. The van der Waals surface area contributed by atoms with E-state index in [0.717, 1.165) is 18.4 Å². The maximum absolute atomic E-state index is 4.22. The number of nitrogens with zero attached hydrogens (tertiary/aromatic N) is 2. The van der Waals surface area contributed by atoms with E-state index in [1.54, 1.807) is 0 Å². The van der Waals surface area contributed by atoms with Crippen LogP contribution >= 0.6 is 35.9 Å². The molecule has 0 radical (unpaired) electrons. The zero-order valence-electron chi connectivity index (χ0n) is 14.8. The molecule has 0 atom stereocenters. The lowest BCUT2D eigenvalue weighted by molar-refractivity contribution is 0.390. The first-order valence-corrected chi connectivity index (χ1v) is 11.7. The van der Waals surface area contributed by atoms with Gasteiger partial charge < -0.3 is 4.57 Å². The van der Waals surface area contributed by atoms with E-state index in [9.17, 15) is 0 Å². The summed E-state index contributed by atoms with van der Waals surface area (Å²) in [4.78, 5) is 4.22. The smallest absolute Gasteiger partial charge is 0.0946 e. The molecule has 3 rings (SSSR count). The molecule has 0 spiro atoms. The topological polar surface area (TPSA) is 17.8 Å². The van der Waals surface area contributed by atoms with Crippen molar-refractivity contribution in [2.75, 3.05) is 11.5 Å². The van der Waals surface area contributed by atoms with Crippen LogP contribution in [-0.4, -0.2) is 25.6 Å². The molecule has 2 saturated carbocycles. The number of imidazole rings is 1. The van der Waals surface area contributed by atoms with E-state index < -0.39 is 0 Å². The monoisotopic (exact) mass is 388 g/mol. The first-order valence-electron chi connectivity index (χ1n) is 9.59. The average Bonchev–Trinajstić information content (AvgIpc) is 3.12. The zero-order chi connectivity index (χ0) is 15.7. The molecule has 0 N–H and O–H groups in total. The van der Waals surface area contributed by atoms with Crippen molar-refractivity contribution in [2.45, 2.75) is 75.3 Å². The Balaban J connectivity index is 0.00000208. The van der Waals surface area contributed by atoms with Crippen molar-refractivity contribution in [3.8, 4) is 0 Å². The predicted molar refractivity (Wildman–Crippen MR) is 111 cm³/mol. The summed E-state index contributed by atoms with van der Waals surface area (Å²) in [5, 5.41) is 0. The van der Waals surface area contributed by atoms with Gasteiger partial charge in [0.2, 0.25) is 0 Å². The lowest BCUT2D eigenvalue weighted by atomic mass is 9.91. The van der Waals surface area contributed by atoms with Crippen LogP contribution in [0, 0.1) is 11.8 Å². The van der Waals surface area contributed by atoms with Gasteiger partial charge in [-0.25, -0.2) is 4.98 Å². The zero-order valence-corrected chi connectivity index (χ0v) is 17.2. The molecule has 2 nitrogen and oxygen atoms in total. The van der Waals surface area contributed by atoms with Crippen molar-refractivity contribution in [3.05, 3.63) is 18.7 Å². The summed E-state index contributed by atoms with van der Waals surface area (Å²) in [5.74, 6) is 4.71. The Labute approximate surface area is 162 Å². The molecule has 24 heavy (non-hydrogen) atoms. The fourth-order valence-corrected chi connectivity index (χ4v) is 6.97. The first-order chi connectivity index (χ1) is 11.4. The average molecular weight is 389 g/mol. The molecule has 1 aromatic rings. The van der Waals surface area contributed by atoms with Crippen molar-refractivity contribution >= 4 is 35.9 Å². The Bertz CT molecular complexity index is 393. The fraction of sp³-hybridized carbons (Fsp3) is 0.842. The van der Waals surface area contributed by atoms with E-state index in [1.807, 2.05) is 12.5 Å². The SMILES string of the molecule is Cl.c1cn(CC(SCC2CCCCC2)SCC2CCCCC2)cn1. The number of hydrogen-bond acceptors (Lipinski definition) is 3. The third-order valence-electron chi connectivity index (χ3n) is 5.40. The minimum absolute atomic E-state index is 0. The minimum Gasteiger partial charge on any atom is -0.336 e. The van der Waals surface area contributed by atoms with Crippen LogP contribution in [0.25, 0.3) is 0 Å². The van der Waals surface area contributed by atoms with Crippen LogP contribution in [-0.2, 0) is 6.54 Å². The van der Waals surface area contributed by atoms with Crippen molar-refractivity contribution in [3.63, 3.8) is 0 Å². The summed E-state index contributed by atoms with van der Waals surface area (Å²) in [6.07, 6.45) is 20.7. The van der Waals surface area contributed by atoms with Gasteiger partial charge in [0.25, 0.3) is 0 Å². The Hall–Kier alpha value is 0.200. The lowest BCUT2D eigenvalue weighted by Crippen LogP contribution is -2.17. The second-order valence-electron chi connectivity index (χ2n) is 7.36. The van der Waals surface area contributed by atoms with Gasteiger partial charge in [0, 0.05) is 18.9 Å². The third-order valence-corrected chi connectivity index (χ3v) is 8.59. The summed E-state index contributed by atoms with van der Waals surface area (Å²) >= 11 is 4.46. The summed E-state index contributed by atoms with van der Waals surface area (Å²) in [7, 11) is 0. The quantitative estimate of drug-likeness (QED) is 0.489. The van der Waals surface area contributed by atoms with Crippen LogP contribution in [0.3, 0.4) is 0 Å². The lowest BCUT2D eigenvalue weighted by Gasteiger charge is -2.26. The van der Waals surface area contributed by atoms with Gasteiger partial charge >= 0.3 is 0 Å². The van der Waals surface area contributed by atoms with Gasteiger partial charge in [-0.15, -0.1) is 35.9 Å². The van der Waals surface area contributed by atoms with E-state index in [2.05, 4.69) is 39.3 Å². The van der Waals surface area contributed by atoms with E-state index >= 15 is 0 Å². The Morgan fingerprint density at radius 2 is 1.42 bits per heavy atom. The standard InChI is InChI=1S/C19H32N2S2.ClH/c1-3-7-17(8-4-1)14-22-19(13-21-12-11-20-16-21)23-15-18-9-5-2-6-10-18;/h11-12,16-19H,1-10,13-15H2;1H. The van der Waals surface area contributed by atoms with Gasteiger partial charge in [0.15, 0.2) is 0 Å². The molecule has 2 aliphatic rings. The van der Waals surface area contributed by atoms with Crippen LogP contribution < -0.4 is 0 Å². The number of hydrogen-bond donors (Lipinski definition) is 0. The van der Waals surface area contributed by atoms with Crippen molar-refractivity contribution in [1.29, 1.82) is 0 Å². The van der Waals surface area contributed by atoms with Gasteiger partial charge in [0.05, 0.1) is 10.9 Å². The minimum atomic E-state index is 0. The highest BCUT2D eigenvalue weighted by molar-refractivity contribution is 8.17. The molecule has 138 valence electrons. The molecule has 5 heteroatoms. The molecule has 0 aromatic carbocycles. The Morgan fingerprint density at radius 3 is 1.88 bits per heavy atom. The van der Waals surface area contributed by atoms with E-state index in [1.165, 1.54) is 75.7 Å². The van der Waals surface area contributed by atoms with Gasteiger partial charge in [-0.3, -0.25) is 0 Å².